The van der Waals surface area contributed by atoms with Gasteiger partial charge in [-0.2, -0.15) is 0 Å². The highest BCUT2D eigenvalue weighted by molar-refractivity contribution is 5.85. The number of terminal acetylenes is 1. The molecule has 1 rings (SSSR count). The van der Waals surface area contributed by atoms with Gasteiger partial charge in [0.1, 0.15) is 0 Å². The number of carbonyl (C=O) groups excluding carboxylic acids is 1. The van der Waals surface area contributed by atoms with Crippen molar-refractivity contribution in [2.75, 3.05) is 20.3 Å². The predicted octanol–water partition coefficient (Wildman–Crippen LogP) is -0.432. The van der Waals surface area contributed by atoms with E-state index in [1.54, 1.807) is 0 Å². The molecule has 1 N–H and O–H groups in total. The lowest BCUT2D eigenvalue weighted by Gasteiger charge is -2.23. The lowest BCUT2D eigenvalue weighted by Crippen LogP contribution is -2.45. The molecule has 1 fully saturated rings. The minimum Gasteiger partial charge on any atom is -0.480 e. The van der Waals surface area contributed by atoms with Crippen LogP contribution in [0.3, 0.4) is 0 Å². The van der Waals surface area contributed by atoms with Crippen molar-refractivity contribution in [3.63, 3.8) is 0 Å². The molecule has 1 unspecified atom stereocenters. The smallest absolute Gasteiger partial charge is 0.328 e. The molecule has 1 amide bonds. The molecule has 1 aliphatic rings. The van der Waals surface area contributed by atoms with Gasteiger partial charge >= 0.3 is 5.97 Å². The van der Waals surface area contributed by atoms with Crippen LogP contribution in [0.25, 0.3) is 0 Å². The highest BCUT2D eigenvalue weighted by Gasteiger charge is 2.36. The molecule has 1 heterocycles. The highest BCUT2D eigenvalue weighted by atomic mass is 16.5. The van der Waals surface area contributed by atoms with E-state index in [0.29, 0.717) is 6.54 Å². The summed E-state index contributed by atoms with van der Waals surface area (Å²) in [5.41, 5.74) is 0. The fourth-order valence-electron chi connectivity index (χ4n) is 1.60. The fourth-order valence-corrected chi connectivity index (χ4v) is 1.60. The Balaban J connectivity index is 2.73. The summed E-state index contributed by atoms with van der Waals surface area (Å²) in [7, 11) is 1.40. The second-order valence-electron chi connectivity index (χ2n) is 3.42. The monoisotopic (exact) mass is 211 g/mol. The van der Waals surface area contributed by atoms with Crippen LogP contribution in [0.5, 0.6) is 0 Å². The van der Waals surface area contributed by atoms with Gasteiger partial charge in [-0.25, -0.2) is 4.79 Å². The average molecular weight is 211 g/mol. The van der Waals surface area contributed by atoms with Gasteiger partial charge in [0.15, 0.2) is 6.04 Å². The second-order valence-corrected chi connectivity index (χ2v) is 3.42. The molecule has 0 saturated carbocycles. The Bertz CT molecular complexity index is 307. The first kappa shape index (κ1) is 11.5. The summed E-state index contributed by atoms with van der Waals surface area (Å²) in [5, 5.41) is 8.92. The Morgan fingerprint density at radius 1 is 1.87 bits per heavy atom. The van der Waals surface area contributed by atoms with Crippen LogP contribution in [0.15, 0.2) is 0 Å². The molecule has 82 valence electrons. The molecule has 0 radical (unpaired) electrons. The molecule has 0 aliphatic carbocycles. The molecule has 5 nitrogen and oxygen atoms in total. The maximum absolute atomic E-state index is 11.5. The number of ether oxygens (including phenoxy) is 1. The molecule has 0 aromatic rings. The van der Waals surface area contributed by atoms with Crippen LogP contribution in [0, 0.1) is 18.3 Å². The topological polar surface area (TPSA) is 66.8 Å². The van der Waals surface area contributed by atoms with Gasteiger partial charge in [-0.3, -0.25) is 4.79 Å². The zero-order chi connectivity index (χ0) is 11.4. The molecule has 15 heavy (non-hydrogen) atoms. The van der Waals surface area contributed by atoms with Crippen molar-refractivity contribution in [3.05, 3.63) is 0 Å². The van der Waals surface area contributed by atoms with E-state index >= 15 is 0 Å². The first-order valence-corrected chi connectivity index (χ1v) is 4.57. The Hall–Kier alpha value is -1.54. The Labute approximate surface area is 88.0 Å². The summed E-state index contributed by atoms with van der Waals surface area (Å²) < 4.78 is 4.77. The highest BCUT2D eigenvalue weighted by Crippen LogP contribution is 2.19. The summed E-state index contributed by atoms with van der Waals surface area (Å²) in [5.74, 6) is 0.993. The first-order valence-electron chi connectivity index (χ1n) is 4.57. The van der Waals surface area contributed by atoms with E-state index in [9.17, 15) is 9.59 Å². The number of aliphatic carboxylic acids is 1. The number of methoxy groups -OCH3 is 1. The number of carboxylic acids is 1. The van der Waals surface area contributed by atoms with Crippen LogP contribution in [-0.4, -0.2) is 48.2 Å². The summed E-state index contributed by atoms with van der Waals surface area (Å²) in [6.07, 6.45) is 5.43. The molecule has 0 aromatic carbocycles. The van der Waals surface area contributed by atoms with Crippen molar-refractivity contribution in [3.8, 4) is 12.3 Å². The molecular formula is C10H13NO4. The van der Waals surface area contributed by atoms with E-state index in [1.165, 1.54) is 12.0 Å². The molecule has 5 heteroatoms. The summed E-state index contributed by atoms with van der Waals surface area (Å²) in [6.45, 7) is 0.286. The number of amides is 1. The van der Waals surface area contributed by atoms with Crippen molar-refractivity contribution in [2.45, 2.75) is 12.5 Å². The van der Waals surface area contributed by atoms with Crippen LogP contribution in [0.2, 0.25) is 0 Å². The van der Waals surface area contributed by atoms with Crippen LogP contribution in [0.1, 0.15) is 6.42 Å². The minimum absolute atomic E-state index is 0.0155. The van der Waals surface area contributed by atoms with Gasteiger partial charge in [-0.15, -0.1) is 12.3 Å². The number of nitrogens with zero attached hydrogens (tertiary/aromatic N) is 1. The quantitative estimate of drug-likeness (QED) is 0.641. The van der Waals surface area contributed by atoms with E-state index in [0.717, 1.165) is 0 Å². The van der Waals surface area contributed by atoms with Crippen molar-refractivity contribution in [1.82, 2.24) is 4.90 Å². The Morgan fingerprint density at radius 2 is 2.53 bits per heavy atom. The van der Waals surface area contributed by atoms with Gasteiger partial charge in [-0.1, -0.05) is 0 Å². The van der Waals surface area contributed by atoms with E-state index in [2.05, 4.69) is 5.92 Å². The van der Waals surface area contributed by atoms with Gasteiger partial charge in [0, 0.05) is 26.0 Å². The molecule has 0 aromatic heterocycles. The fraction of sp³-hybridized carbons (Fsp3) is 0.600. The maximum Gasteiger partial charge on any atom is 0.328 e. The van der Waals surface area contributed by atoms with Crippen LogP contribution in [-0.2, 0) is 14.3 Å². The lowest BCUT2D eigenvalue weighted by atomic mass is 10.1. The number of rotatable bonds is 4. The minimum atomic E-state index is -1.07. The molecule has 0 bridgehead atoms. The van der Waals surface area contributed by atoms with Gasteiger partial charge in [0.05, 0.1) is 6.61 Å². The maximum atomic E-state index is 11.5. The normalized spacial score (nSPS) is 22.5. The van der Waals surface area contributed by atoms with Crippen molar-refractivity contribution < 1.29 is 19.4 Å². The zero-order valence-electron chi connectivity index (χ0n) is 8.47. The lowest BCUT2D eigenvalue weighted by molar-refractivity contribution is -0.150. The molecule has 0 spiro atoms. The molecule has 1 aliphatic heterocycles. The third-order valence-corrected chi connectivity index (χ3v) is 2.38. The predicted molar refractivity (Wildman–Crippen MR) is 52.0 cm³/mol. The Morgan fingerprint density at radius 3 is 2.93 bits per heavy atom. The average Bonchev–Trinajstić information content (AvgIpc) is 2.55. The molecule has 1 saturated heterocycles. The third kappa shape index (κ3) is 2.48. The largest absolute Gasteiger partial charge is 0.480 e. The summed E-state index contributed by atoms with van der Waals surface area (Å²) in [6, 6.07) is -0.930. The standard InChI is InChI=1S/C10H13NO4/c1-3-7-4-9(12)11(5-7)8(6-15-2)10(13)14/h1,7-8H,4-6H2,2H3,(H,13,14)/t7?,8-/m0/s1. The Kier molecular flexibility index (Phi) is 3.69. The SMILES string of the molecule is C#CC1CC(=O)N([C@@H](COC)C(=O)O)C1. The van der Waals surface area contributed by atoms with Crippen molar-refractivity contribution >= 4 is 11.9 Å². The first-order chi connectivity index (χ1) is 7.10. The van der Waals surface area contributed by atoms with Crippen molar-refractivity contribution in [2.24, 2.45) is 5.92 Å². The number of hydrogen-bond donors (Lipinski definition) is 1. The molecule has 2 atom stereocenters. The number of carboxylic acid groups (broad SMARTS) is 1. The van der Waals surface area contributed by atoms with Crippen LogP contribution >= 0.6 is 0 Å². The number of likely N-dealkylation sites (tertiary alicyclic amines) is 1. The zero-order valence-corrected chi connectivity index (χ0v) is 8.47. The number of hydrogen-bond acceptors (Lipinski definition) is 3. The van der Waals surface area contributed by atoms with E-state index in [4.69, 9.17) is 16.3 Å². The van der Waals surface area contributed by atoms with Gasteiger partial charge in [0.2, 0.25) is 5.91 Å². The summed E-state index contributed by atoms with van der Waals surface area (Å²) in [4.78, 5) is 23.6. The van der Waals surface area contributed by atoms with E-state index in [1.807, 2.05) is 0 Å². The summed E-state index contributed by atoms with van der Waals surface area (Å²) >= 11 is 0. The molecular weight excluding hydrogens is 198 g/mol. The van der Waals surface area contributed by atoms with Crippen LogP contribution in [0.4, 0.5) is 0 Å². The van der Waals surface area contributed by atoms with E-state index in [-0.39, 0.29) is 24.9 Å². The third-order valence-electron chi connectivity index (χ3n) is 2.38. The van der Waals surface area contributed by atoms with Gasteiger partial charge < -0.3 is 14.7 Å². The van der Waals surface area contributed by atoms with Crippen molar-refractivity contribution in [1.29, 1.82) is 0 Å². The second kappa shape index (κ2) is 4.80. The van der Waals surface area contributed by atoms with E-state index < -0.39 is 12.0 Å². The van der Waals surface area contributed by atoms with Crippen LogP contribution < -0.4 is 0 Å². The van der Waals surface area contributed by atoms with Gasteiger partial charge in [0.25, 0.3) is 0 Å². The van der Waals surface area contributed by atoms with Gasteiger partial charge in [-0.05, 0) is 0 Å². The number of carbonyl (C=O) groups is 2.